The summed E-state index contributed by atoms with van der Waals surface area (Å²) in [5, 5.41) is 3.85. The third-order valence-electron chi connectivity index (χ3n) is 4.09. The normalized spacial score (nSPS) is 25.9. The Morgan fingerprint density at radius 2 is 1.89 bits per heavy atom. The lowest BCUT2D eigenvalue weighted by Crippen LogP contribution is -2.58. The summed E-state index contributed by atoms with van der Waals surface area (Å²) in [5.41, 5.74) is 1.71. The lowest BCUT2D eigenvalue weighted by Gasteiger charge is -2.39. The first-order valence-electron chi connectivity index (χ1n) is 6.76. The van der Waals surface area contributed by atoms with Gasteiger partial charge in [0.05, 0.1) is 13.2 Å². The van der Waals surface area contributed by atoms with Gasteiger partial charge in [-0.05, 0) is 24.8 Å². The highest BCUT2D eigenvalue weighted by atomic mass is 35.5. The number of nitrogens with one attached hydrogen (secondary N) is 1. The van der Waals surface area contributed by atoms with E-state index in [0.29, 0.717) is 11.6 Å². The highest BCUT2D eigenvalue weighted by Crippen LogP contribution is 2.32. The Hall–Kier alpha value is -0.570. The van der Waals surface area contributed by atoms with Crippen molar-refractivity contribution in [3.05, 3.63) is 35.9 Å². The Balaban J connectivity index is 0.00000120. The molecule has 18 heavy (non-hydrogen) atoms. The van der Waals surface area contributed by atoms with Crippen molar-refractivity contribution < 1.29 is 4.74 Å². The molecule has 2 nitrogen and oxygen atoms in total. The molecule has 2 aliphatic rings. The second-order valence-corrected chi connectivity index (χ2v) is 5.53. The molecule has 1 saturated heterocycles. The number of hydrogen-bond acceptors (Lipinski definition) is 2. The summed E-state index contributed by atoms with van der Waals surface area (Å²) < 4.78 is 5.83. The molecule has 1 aliphatic heterocycles. The molecule has 3 heteroatoms. The van der Waals surface area contributed by atoms with Gasteiger partial charge in [-0.1, -0.05) is 43.2 Å². The maximum atomic E-state index is 5.83. The van der Waals surface area contributed by atoms with Crippen LogP contribution in [0.4, 0.5) is 0 Å². The molecule has 1 aromatic rings. The van der Waals surface area contributed by atoms with Gasteiger partial charge in [-0.2, -0.15) is 0 Å². The van der Waals surface area contributed by atoms with E-state index in [1.54, 1.807) is 0 Å². The van der Waals surface area contributed by atoms with E-state index in [1.807, 2.05) is 0 Å². The van der Waals surface area contributed by atoms with Crippen LogP contribution in [0, 0.1) is 0 Å². The van der Waals surface area contributed by atoms with Crippen molar-refractivity contribution in [3.63, 3.8) is 0 Å². The molecule has 2 fully saturated rings. The molecule has 1 spiro atoms. The number of halogens is 1. The summed E-state index contributed by atoms with van der Waals surface area (Å²) in [5.74, 6) is 0. The van der Waals surface area contributed by atoms with Gasteiger partial charge in [0.15, 0.2) is 0 Å². The minimum Gasteiger partial charge on any atom is -0.378 e. The van der Waals surface area contributed by atoms with Crippen LogP contribution >= 0.6 is 12.4 Å². The smallest absolute Gasteiger partial charge is 0.0649 e. The van der Waals surface area contributed by atoms with Gasteiger partial charge in [0.1, 0.15) is 0 Å². The second-order valence-electron chi connectivity index (χ2n) is 5.53. The average molecular weight is 268 g/mol. The molecular formula is C15H22ClNO. The fourth-order valence-corrected chi connectivity index (χ4v) is 3.26. The van der Waals surface area contributed by atoms with Crippen molar-refractivity contribution in [1.82, 2.24) is 5.32 Å². The van der Waals surface area contributed by atoms with Gasteiger partial charge in [-0.3, -0.25) is 0 Å². The molecule has 1 unspecified atom stereocenters. The van der Waals surface area contributed by atoms with E-state index in [0.717, 1.165) is 19.6 Å². The Morgan fingerprint density at radius 1 is 1.17 bits per heavy atom. The molecule has 1 N–H and O–H groups in total. The topological polar surface area (TPSA) is 21.3 Å². The monoisotopic (exact) mass is 267 g/mol. The van der Waals surface area contributed by atoms with E-state index in [4.69, 9.17) is 4.74 Å². The van der Waals surface area contributed by atoms with Gasteiger partial charge in [0.2, 0.25) is 0 Å². The minimum atomic E-state index is 0. The van der Waals surface area contributed by atoms with E-state index in [9.17, 15) is 0 Å². The van der Waals surface area contributed by atoms with Crippen LogP contribution in [0.25, 0.3) is 0 Å². The van der Waals surface area contributed by atoms with E-state index in [2.05, 4.69) is 35.6 Å². The third kappa shape index (κ3) is 3.05. The number of rotatable bonds is 2. The quantitative estimate of drug-likeness (QED) is 0.890. The summed E-state index contributed by atoms with van der Waals surface area (Å²) in [4.78, 5) is 0. The Labute approximate surface area is 116 Å². The second kappa shape index (κ2) is 6.05. The molecule has 1 heterocycles. The molecule has 1 atom stereocenters. The van der Waals surface area contributed by atoms with Crippen LogP contribution in [0.5, 0.6) is 0 Å². The minimum absolute atomic E-state index is 0. The summed E-state index contributed by atoms with van der Waals surface area (Å²) >= 11 is 0. The van der Waals surface area contributed by atoms with Crippen LogP contribution in [0.15, 0.2) is 30.3 Å². The molecule has 0 amide bonds. The van der Waals surface area contributed by atoms with Gasteiger partial charge in [-0.15, -0.1) is 12.4 Å². The van der Waals surface area contributed by atoms with Crippen molar-refractivity contribution >= 4 is 12.4 Å². The lowest BCUT2D eigenvalue weighted by molar-refractivity contribution is 0.00113. The average Bonchev–Trinajstić information content (AvgIpc) is 2.79. The van der Waals surface area contributed by atoms with Crippen LogP contribution < -0.4 is 5.32 Å². The summed E-state index contributed by atoms with van der Waals surface area (Å²) in [6, 6.07) is 11.2. The molecule has 100 valence electrons. The molecule has 0 bridgehead atoms. The van der Waals surface area contributed by atoms with Crippen LogP contribution in [-0.2, 0) is 11.2 Å². The highest BCUT2D eigenvalue weighted by molar-refractivity contribution is 5.85. The molecule has 0 radical (unpaired) electrons. The van der Waals surface area contributed by atoms with Gasteiger partial charge in [0, 0.05) is 11.6 Å². The summed E-state index contributed by atoms with van der Waals surface area (Å²) in [6.07, 6.45) is 6.38. The largest absolute Gasteiger partial charge is 0.378 e. The lowest BCUT2D eigenvalue weighted by atomic mass is 9.94. The van der Waals surface area contributed by atoms with E-state index in [-0.39, 0.29) is 12.4 Å². The van der Waals surface area contributed by atoms with E-state index < -0.39 is 0 Å². The fraction of sp³-hybridized carbons (Fsp3) is 0.600. The Morgan fingerprint density at radius 3 is 2.61 bits per heavy atom. The van der Waals surface area contributed by atoms with Gasteiger partial charge in [0.25, 0.3) is 0 Å². The zero-order valence-electron chi connectivity index (χ0n) is 10.7. The maximum Gasteiger partial charge on any atom is 0.0649 e. The zero-order valence-corrected chi connectivity index (χ0v) is 11.5. The number of benzene rings is 1. The Bertz CT molecular complexity index is 362. The molecule has 3 rings (SSSR count). The third-order valence-corrected chi connectivity index (χ3v) is 4.09. The number of ether oxygens (including phenoxy) is 1. The number of morpholine rings is 1. The van der Waals surface area contributed by atoms with Crippen LogP contribution in [0.3, 0.4) is 0 Å². The molecule has 1 saturated carbocycles. The SMILES string of the molecule is Cl.c1ccc(CC2COCC3(CCCC3)N2)cc1. The highest BCUT2D eigenvalue weighted by Gasteiger charge is 2.38. The molecule has 1 aromatic carbocycles. The Kier molecular flexibility index (Phi) is 4.66. The van der Waals surface area contributed by atoms with Crippen molar-refractivity contribution in [3.8, 4) is 0 Å². The van der Waals surface area contributed by atoms with Crippen molar-refractivity contribution in [2.45, 2.75) is 43.7 Å². The fourth-order valence-electron chi connectivity index (χ4n) is 3.26. The maximum absolute atomic E-state index is 5.83. The molecule has 0 aromatic heterocycles. The standard InChI is InChI=1S/C15H21NO.ClH/c1-2-6-13(7-3-1)10-14-11-17-12-15(16-14)8-4-5-9-15;/h1-3,6-7,14,16H,4-5,8-12H2;1H. The predicted molar refractivity (Wildman–Crippen MR) is 76.3 cm³/mol. The van der Waals surface area contributed by atoms with Crippen LogP contribution in [-0.4, -0.2) is 24.8 Å². The number of hydrogen-bond donors (Lipinski definition) is 1. The van der Waals surface area contributed by atoms with Gasteiger partial charge >= 0.3 is 0 Å². The predicted octanol–water partition coefficient (Wildman–Crippen LogP) is 2.95. The first-order valence-corrected chi connectivity index (χ1v) is 6.76. The van der Waals surface area contributed by atoms with Gasteiger partial charge in [-0.25, -0.2) is 0 Å². The van der Waals surface area contributed by atoms with E-state index >= 15 is 0 Å². The first-order chi connectivity index (χ1) is 8.36. The van der Waals surface area contributed by atoms with E-state index in [1.165, 1.54) is 31.2 Å². The van der Waals surface area contributed by atoms with Crippen molar-refractivity contribution in [2.24, 2.45) is 0 Å². The van der Waals surface area contributed by atoms with Gasteiger partial charge < -0.3 is 10.1 Å². The van der Waals surface area contributed by atoms with Crippen LogP contribution in [0.1, 0.15) is 31.2 Å². The first kappa shape index (κ1) is 13.9. The van der Waals surface area contributed by atoms with Crippen molar-refractivity contribution in [2.75, 3.05) is 13.2 Å². The molecular weight excluding hydrogens is 246 g/mol. The zero-order chi connectivity index (χ0) is 11.6. The van der Waals surface area contributed by atoms with Crippen molar-refractivity contribution in [1.29, 1.82) is 0 Å². The van der Waals surface area contributed by atoms with Crippen LogP contribution in [0.2, 0.25) is 0 Å². The summed E-state index contributed by atoms with van der Waals surface area (Å²) in [6.45, 7) is 1.77. The molecule has 1 aliphatic carbocycles. The summed E-state index contributed by atoms with van der Waals surface area (Å²) in [7, 11) is 0.